The fraction of sp³-hybridized carbons (Fsp3) is 0.267. The molecule has 0 radical (unpaired) electrons. The molecule has 0 atom stereocenters. The second kappa shape index (κ2) is 4.58. The number of pyridine rings is 1. The highest BCUT2D eigenvalue weighted by atomic mass is 15.1. The van der Waals surface area contributed by atoms with Crippen LogP contribution in [0.2, 0.25) is 0 Å². The molecule has 0 amide bonds. The van der Waals surface area contributed by atoms with Crippen LogP contribution in [-0.2, 0) is 5.54 Å². The minimum atomic E-state index is 0.130. The van der Waals surface area contributed by atoms with Gasteiger partial charge in [0, 0.05) is 45.3 Å². The Balaban J connectivity index is 2.24. The summed E-state index contributed by atoms with van der Waals surface area (Å²) in [6.45, 7) is 6.59. The van der Waals surface area contributed by atoms with E-state index in [1.54, 1.807) is 0 Å². The lowest BCUT2D eigenvalue weighted by Crippen LogP contribution is -2.49. The number of hydrogen-bond acceptors (Lipinski definition) is 1. The lowest BCUT2D eigenvalue weighted by atomic mass is 10.1. The average Bonchev–Trinajstić information content (AvgIpc) is 2.56. The first kappa shape index (κ1) is 11.6. The highest BCUT2D eigenvalue weighted by Crippen LogP contribution is 2.15. The monoisotopic (exact) mass is 227 g/mol. The lowest BCUT2D eigenvalue weighted by molar-refractivity contribution is -0.754. The van der Waals surface area contributed by atoms with Crippen LogP contribution >= 0.6 is 0 Å². The molecule has 0 saturated heterocycles. The van der Waals surface area contributed by atoms with E-state index in [1.807, 2.05) is 24.3 Å². The SMILES string of the molecule is CC(C)(C)[n+]1ccc(N2C=CC=CC=C2)cc1. The Bertz CT molecular complexity index is 443. The Kier molecular flexibility index (Phi) is 3.14. The normalized spacial score (nSPS) is 15.1. The van der Waals surface area contributed by atoms with Crippen LogP contribution in [0.4, 0.5) is 5.69 Å². The summed E-state index contributed by atoms with van der Waals surface area (Å²) in [5, 5.41) is 0. The molecule has 0 aromatic carbocycles. The van der Waals surface area contributed by atoms with Gasteiger partial charge in [0.25, 0.3) is 0 Å². The average molecular weight is 227 g/mol. The molecule has 2 nitrogen and oxygen atoms in total. The number of rotatable bonds is 1. The Morgan fingerprint density at radius 1 is 0.882 bits per heavy atom. The van der Waals surface area contributed by atoms with Crippen molar-refractivity contribution in [2.75, 3.05) is 4.90 Å². The van der Waals surface area contributed by atoms with Gasteiger partial charge in [0.05, 0.1) is 5.69 Å². The molecule has 0 unspecified atom stereocenters. The van der Waals surface area contributed by atoms with Gasteiger partial charge in [0.15, 0.2) is 17.9 Å². The zero-order valence-corrected chi connectivity index (χ0v) is 10.7. The third-order valence-corrected chi connectivity index (χ3v) is 2.71. The van der Waals surface area contributed by atoms with Gasteiger partial charge in [-0.3, -0.25) is 0 Å². The van der Waals surface area contributed by atoms with Crippen LogP contribution in [0.15, 0.2) is 61.2 Å². The van der Waals surface area contributed by atoms with Gasteiger partial charge in [-0.2, -0.15) is 0 Å². The van der Waals surface area contributed by atoms with Crippen LogP contribution < -0.4 is 9.47 Å². The van der Waals surface area contributed by atoms with Crippen molar-refractivity contribution in [1.82, 2.24) is 0 Å². The van der Waals surface area contributed by atoms with Gasteiger partial charge >= 0.3 is 0 Å². The smallest absolute Gasteiger partial charge is 0.171 e. The Morgan fingerprint density at radius 2 is 1.41 bits per heavy atom. The van der Waals surface area contributed by atoms with E-state index in [2.05, 4.69) is 67.2 Å². The second-order valence-electron chi connectivity index (χ2n) is 5.11. The summed E-state index contributed by atoms with van der Waals surface area (Å²) in [4.78, 5) is 2.10. The standard InChI is InChI=1S/C15H19N2/c1-15(2,3)17-12-8-14(9-13-17)16-10-6-4-5-7-11-16/h4-13H,1-3H3/q+1. The molecule has 88 valence electrons. The van der Waals surface area contributed by atoms with E-state index in [9.17, 15) is 0 Å². The predicted molar refractivity (Wildman–Crippen MR) is 71.5 cm³/mol. The van der Waals surface area contributed by atoms with E-state index in [1.165, 1.54) is 5.69 Å². The molecule has 2 rings (SSSR count). The zero-order valence-electron chi connectivity index (χ0n) is 10.7. The molecule has 2 heterocycles. The highest BCUT2D eigenvalue weighted by Gasteiger charge is 2.20. The molecule has 0 aliphatic carbocycles. The summed E-state index contributed by atoms with van der Waals surface area (Å²) in [5.74, 6) is 0. The van der Waals surface area contributed by atoms with Gasteiger partial charge in [0.2, 0.25) is 0 Å². The molecule has 1 aromatic heterocycles. The minimum absolute atomic E-state index is 0.130. The molecule has 1 aliphatic heterocycles. The third kappa shape index (κ3) is 2.84. The first-order valence-corrected chi connectivity index (χ1v) is 5.89. The van der Waals surface area contributed by atoms with Crippen LogP contribution in [0.1, 0.15) is 20.8 Å². The van der Waals surface area contributed by atoms with Gasteiger partial charge in [0.1, 0.15) is 0 Å². The van der Waals surface area contributed by atoms with Crippen molar-refractivity contribution in [3.05, 3.63) is 61.2 Å². The van der Waals surface area contributed by atoms with Crippen molar-refractivity contribution < 1.29 is 4.57 Å². The number of allylic oxidation sites excluding steroid dienone is 4. The molecule has 0 fully saturated rings. The van der Waals surface area contributed by atoms with E-state index in [-0.39, 0.29) is 5.54 Å². The number of hydrogen-bond donors (Lipinski definition) is 0. The van der Waals surface area contributed by atoms with Crippen molar-refractivity contribution in [2.45, 2.75) is 26.3 Å². The summed E-state index contributed by atoms with van der Waals surface area (Å²) >= 11 is 0. The van der Waals surface area contributed by atoms with Gasteiger partial charge in [-0.15, -0.1) is 0 Å². The van der Waals surface area contributed by atoms with E-state index < -0.39 is 0 Å². The van der Waals surface area contributed by atoms with Crippen LogP contribution in [0, 0.1) is 0 Å². The summed E-state index contributed by atoms with van der Waals surface area (Å²) in [6, 6.07) is 4.26. The fourth-order valence-electron chi connectivity index (χ4n) is 1.67. The van der Waals surface area contributed by atoms with Crippen molar-refractivity contribution in [3.8, 4) is 0 Å². The van der Waals surface area contributed by atoms with Crippen LogP contribution in [0.5, 0.6) is 0 Å². The summed E-state index contributed by atoms with van der Waals surface area (Å²) in [7, 11) is 0. The summed E-state index contributed by atoms with van der Waals surface area (Å²) < 4.78 is 2.21. The number of aromatic nitrogens is 1. The summed E-state index contributed by atoms with van der Waals surface area (Å²) in [5.41, 5.74) is 1.30. The third-order valence-electron chi connectivity index (χ3n) is 2.71. The van der Waals surface area contributed by atoms with E-state index in [4.69, 9.17) is 0 Å². The van der Waals surface area contributed by atoms with Gasteiger partial charge in [-0.05, 0) is 12.2 Å². The largest absolute Gasteiger partial charge is 0.323 e. The molecule has 0 N–H and O–H groups in total. The van der Waals surface area contributed by atoms with Gasteiger partial charge < -0.3 is 4.90 Å². The molecule has 0 saturated carbocycles. The number of anilines is 1. The van der Waals surface area contributed by atoms with E-state index in [0.717, 1.165) is 0 Å². The van der Waals surface area contributed by atoms with Crippen molar-refractivity contribution in [3.63, 3.8) is 0 Å². The Morgan fingerprint density at radius 3 is 1.88 bits per heavy atom. The Labute approximate surface area is 103 Å². The van der Waals surface area contributed by atoms with E-state index >= 15 is 0 Å². The maximum absolute atomic E-state index is 2.21. The van der Waals surface area contributed by atoms with Crippen molar-refractivity contribution >= 4 is 5.69 Å². The first-order valence-electron chi connectivity index (χ1n) is 5.89. The number of nitrogens with zero attached hydrogens (tertiary/aromatic N) is 2. The lowest BCUT2D eigenvalue weighted by Gasteiger charge is -2.16. The second-order valence-corrected chi connectivity index (χ2v) is 5.11. The van der Waals surface area contributed by atoms with Gasteiger partial charge in [-0.25, -0.2) is 4.57 Å². The van der Waals surface area contributed by atoms with Crippen LogP contribution in [0.25, 0.3) is 0 Å². The van der Waals surface area contributed by atoms with Gasteiger partial charge in [-0.1, -0.05) is 12.2 Å². The van der Waals surface area contributed by atoms with Crippen LogP contribution in [0.3, 0.4) is 0 Å². The molecular weight excluding hydrogens is 208 g/mol. The minimum Gasteiger partial charge on any atom is -0.323 e. The zero-order chi connectivity index (χ0) is 12.3. The quantitative estimate of drug-likeness (QED) is 0.669. The topological polar surface area (TPSA) is 7.12 Å². The highest BCUT2D eigenvalue weighted by molar-refractivity contribution is 5.51. The molecule has 0 bridgehead atoms. The molecule has 1 aromatic rings. The molecular formula is C15H19N2+. The van der Waals surface area contributed by atoms with Crippen molar-refractivity contribution in [1.29, 1.82) is 0 Å². The molecule has 0 spiro atoms. The molecule has 2 heteroatoms. The van der Waals surface area contributed by atoms with Crippen molar-refractivity contribution in [2.24, 2.45) is 0 Å². The fourth-order valence-corrected chi connectivity index (χ4v) is 1.67. The predicted octanol–water partition coefficient (Wildman–Crippen LogP) is 3.13. The summed E-state index contributed by atoms with van der Waals surface area (Å²) in [6.07, 6.45) is 16.5. The maximum Gasteiger partial charge on any atom is 0.171 e. The maximum atomic E-state index is 2.21. The molecule has 17 heavy (non-hydrogen) atoms. The molecule has 1 aliphatic rings. The van der Waals surface area contributed by atoms with E-state index in [0.29, 0.717) is 0 Å². The van der Waals surface area contributed by atoms with Crippen LogP contribution in [-0.4, -0.2) is 0 Å². The Hall–Kier alpha value is -1.83. The first-order chi connectivity index (χ1) is 8.07.